The highest BCUT2D eigenvalue weighted by Crippen LogP contribution is 2.33. The van der Waals surface area contributed by atoms with Crippen LogP contribution < -0.4 is 5.32 Å². The van der Waals surface area contributed by atoms with Crippen LogP contribution in [-0.4, -0.2) is 193 Å². The molecule has 3 saturated heterocycles. The molecule has 0 aromatic rings. The summed E-state index contributed by atoms with van der Waals surface area (Å²) in [6.07, 6.45) is 24.0. The van der Waals surface area contributed by atoms with Gasteiger partial charge in [0.25, 0.3) is 0 Å². The van der Waals surface area contributed by atoms with Crippen molar-refractivity contribution in [1.29, 1.82) is 0 Å². The fourth-order valence-electron chi connectivity index (χ4n) is 11.6. The summed E-state index contributed by atoms with van der Waals surface area (Å²) in [4.78, 5) is 13.3. The first kappa shape index (κ1) is 75.8. The summed E-state index contributed by atoms with van der Waals surface area (Å²) in [5, 5.41) is 120. The molecule has 0 aromatic carbocycles. The second kappa shape index (κ2) is 47.5. The summed E-state index contributed by atoms with van der Waals surface area (Å²) in [6, 6.07) is -0.966. The van der Waals surface area contributed by atoms with Gasteiger partial charge in [0, 0.05) is 6.42 Å². The number of unbranched alkanes of at least 4 members (excludes halogenated alkanes) is 35. The van der Waals surface area contributed by atoms with Crippen molar-refractivity contribution in [3.63, 3.8) is 0 Å². The van der Waals surface area contributed by atoms with Crippen molar-refractivity contribution in [2.45, 2.75) is 362 Å². The number of aliphatic hydroxyl groups is 11. The van der Waals surface area contributed by atoms with E-state index in [1.807, 2.05) is 6.08 Å². The Kier molecular flexibility index (Phi) is 43.4. The molecule has 12 N–H and O–H groups in total. The molecule has 0 bridgehead atoms. The SMILES string of the molecule is CCCCCCCC/C=C/C(O)C(COC1OC(CO)C(OC2OC(CO)C(OC3OC(CO)C(O)C(O)C3O)C(O)C2O)C(O)C1O)NC(=O)CCCCCCCCCCCCCCCCCCCCCCCCCCCCCCCC. The summed E-state index contributed by atoms with van der Waals surface area (Å²) >= 11 is 0. The summed E-state index contributed by atoms with van der Waals surface area (Å²) < 4.78 is 34.2. The second-order valence-corrected chi connectivity index (χ2v) is 24.3. The van der Waals surface area contributed by atoms with Gasteiger partial charge in [0.1, 0.15) is 73.2 Å². The van der Waals surface area contributed by atoms with E-state index in [1.165, 1.54) is 180 Å². The van der Waals surface area contributed by atoms with Gasteiger partial charge in [-0.05, 0) is 19.3 Å². The molecule has 19 heteroatoms. The lowest BCUT2D eigenvalue weighted by atomic mass is 9.96. The van der Waals surface area contributed by atoms with Crippen LogP contribution in [-0.2, 0) is 33.2 Å². The normalized spacial score (nSPS) is 29.4. The zero-order valence-corrected chi connectivity index (χ0v) is 51.4. The molecule has 3 heterocycles. The van der Waals surface area contributed by atoms with E-state index in [4.69, 9.17) is 28.4 Å². The Morgan fingerprint density at radius 3 is 1.13 bits per heavy atom. The highest BCUT2D eigenvalue weighted by atomic mass is 16.8. The predicted molar refractivity (Wildman–Crippen MR) is 319 cm³/mol. The third-order valence-electron chi connectivity index (χ3n) is 17.1. The molecule has 1 amide bonds. The zero-order chi connectivity index (χ0) is 60.5. The van der Waals surface area contributed by atoms with Gasteiger partial charge < -0.3 is 89.9 Å². The van der Waals surface area contributed by atoms with Crippen LogP contribution in [0.2, 0.25) is 0 Å². The average molecular weight is 1190 g/mol. The van der Waals surface area contributed by atoms with E-state index < -0.39 is 124 Å². The molecule has 3 rings (SSSR count). The molecule has 17 atom stereocenters. The first-order valence-corrected chi connectivity index (χ1v) is 33.4. The molecule has 0 spiro atoms. The first-order valence-electron chi connectivity index (χ1n) is 33.4. The first-order chi connectivity index (χ1) is 40.3. The third kappa shape index (κ3) is 30.5. The number of rotatable bonds is 51. The Morgan fingerprint density at radius 2 is 0.747 bits per heavy atom. The van der Waals surface area contributed by atoms with Gasteiger partial charge in [-0.1, -0.05) is 244 Å². The highest BCUT2D eigenvalue weighted by molar-refractivity contribution is 5.76. The van der Waals surface area contributed by atoms with Crippen LogP contribution in [0.4, 0.5) is 0 Å². The largest absolute Gasteiger partial charge is 0.394 e. The van der Waals surface area contributed by atoms with Crippen molar-refractivity contribution < 1.29 is 89.4 Å². The number of allylic oxidation sites excluding steroid dienone is 1. The number of nitrogens with one attached hydrogen (secondary N) is 1. The zero-order valence-electron chi connectivity index (χ0n) is 51.4. The van der Waals surface area contributed by atoms with Gasteiger partial charge in [0.05, 0.1) is 38.6 Å². The lowest BCUT2D eigenvalue weighted by Crippen LogP contribution is -2.66. The van der Waals surface area contributed by atoms with Gasteiger partial charge in [0.2, 0.25) is 5.91 Å². The third-order valence-corrected chi connectivity index (χ3v) is 17.1. The van der Waals surface area contributed by atoms with E-state index in [0.717, 1.165) is 51.4 Å². The maximum absolute atomic E-state index is 13.3. The Morgan fingerprint density at radius 1 is 0.422 bits per heavy atom. The minimum Gasteiger partial charge on any atom is -0.394 e. The molecule has 0 aromatic heterocycles. The van der Waals surface area contributed by atoms with E-state index in [9.17, 15) is 61.0 Å². The van der Waals surface area contributed by atoms with Crippen molar-refractivity contribution in [1.82, 2.24) is 5.32 Å². The van der Waals surface area contributed by atoms with Crippen LogP contribution in [0.15, 0.2) is 12.2 Å². The number of ether oxygens (including phenoxy) is 6. The van der Waals surface area contributed by atoms with Crippen LogP contribution in [0.5, 0.6) is 0 Å². The molecular formula is C64H121NO18. The minimum atomic E-state index is -1.97. The number of amides is 1. The fraction of sp³-hybridized carbons (Fsp3) is 0.953. The lowest BCUT2D eigenvalue weighted by molar-refractivity contribution is -0.379. The molecule has 3 fully saturated rings. The smallest absolute Gasteiger partial charge is 0.220 e. The summed E-state index contributed by atoms with van der Waals surface area (Å²) in [5.74, 6) is -0.274. The molecule has 0 radical (unpaired) electrons. The molecule has 0 aliphatic carbocycles. The minimum absolute atomic E-state index is 0.249. The van der Waals surface area contributed by atoms with Gasteiger partial charge in [-0.3, -0.25) is 4.79 Å². The van der Waals surface area contributed by atoms with Crippen molar-refractivity contribution >= 4 is 5.91 Å². The Bertz CT molecular complexity index is 1560. The number of carbonyl (C=O) groups excluding carboxylic acids is 1. The fourth-order valence-corrected chi connectivity index (χ4v) is 11.6. The molecular weight excluding hydrogens is 1070 g/mol. The van der Waals surface area contributed by atoms with Crippen molar-refractivity contribution in [3.8, 4) is 0 Å². The molecule has 3 aliphatic heterocycles. The topological polar surface area (TPSA) is 307 Å². The van der Waals surface area contributed by atoms with Crippen molar-refractivity contribution in [3.05, 3.63) is 12.2 Å². The average Bonchev–Trinajstić information content (AvgIpc) is 3.55. The van der Waals surface area contributed by atoms with Crippen molar-refractivity contribution in [2.24, 2.45) is 0 Å². The second-order valence-electron chi connectivity index (χ2n) is 24.3. The highest BCUT2D eigenvalue weighted by Gasteiger charge is 2.53. The van der Waals surface area contributed by atoms with Crippen LogP contribution in [0.1, 0.15) is 258 Å². The van der Waals surface area contributed by atoms with E-state index in [0.29, 0.717) is 6.42 Å². The maximum atomic E-state index is 13.3. The Balaban J connectivity index is 1.33. The number of hydrogen-bond acceptors (Lipinski definition) is 18. The van der Waals surface area contributed by atoms with Crippen LogP contribution in [0.25, 0.3) is 0 Å². The van der Waals surface area contributed by atoms with Crippen LogP contribution in [0, 0.1) is 0 Å². The molecule has 490 valence electrons. The summed E-state index contributed by atoms with van der Waals surface area (Å²) in [7, 11) is 0. The van der Waals surface area contributed by atoms with E-state index >= 15 is 0 Å². The number of carbonyl (C=O) groups is 1. The monoisotopic (exact) mass is 1190 g/mol. The molecule has 17 unspecified atom stereocenters. The van der Waals surface area contributed by atoms with Crippen molar-refractivity contribution in [2.75, 3.05) is 26.4 Å². The summed E-state index contributed by atoms with van der Waals surface area (Å²) in [6.45, 7) is 1.69. The van der Waals surface area contributed by atoms with Gasteiger partial charge in [0.15, 0.2) is 18.9 Å². The molecule has 3 aliphatic rings. The van der Waals surface area contributed by atoms with E-state index in [2.05, 4.69) is 19.2 Å². The van der Waals surface area contributed by atoms with Gasteiger partial charge >= 0.3 is 0 Å². The maximum Gasteiger partial charge on any atom is 0.220 e. The van der Waals surface area contributed by atoms with Gasteiger partial charge in [-0.25, -0.2) is 0 Å². The molecule has 19 nitrogen and oxygen atoms in total. The standard InChI is InChI=1S/C64H121NO18/c1-3-5-7-9-11-13-14-15-16-17-18-19-20-21-22-23-24-25-26-27-28-29-30-31-32-33-34-36-38-40-42-52(70)65-47(48(69)41-39-37-35-12-10-8-6-4-2)46-78-62-58(76)55(73)60(50(44-67)80-62)83-64-59(77)56(74)61(51(45-68)81-64)82-63-57(75)54(72)53(71)49(43-66)79-63/h39,41,47-51,53-64,66-69,71-77H,3-38,40,42-46H2,1-2H3,(H,65,70)/b41-39+. The Hall–Kier alpha value is -1.47. The Labute approximate surface area is 499 Å². The lowest BCUT2D eigenvalue weighted by Gasteiger charge is -2.48. The van der Waals surface area contributed by atoms with E-state index in [1.54, 1.807) is 6.08 Å². The summed E-state index contributed by atoms with van der Waals surface area (Å²) in [5.41, 5.74) is 0. The number of hydrogen-bond donors (Lipinski definition) is 12. The van der Waals surface area contributed by atoms with Gasteiger partial charge in [-0.15, -0.1) is 0 Å². The molecule has 0 saturated carbocycles. The quantitative estimate of drug-likeness (QED) is 0.0205. The number of aliphatic hydroxyl groups excluding tert-OH is 11. The predicted octanol–water partition coefficient (Wildman–Crippen LogP) is 7.72. The van der Waals surface area contributed by atoms with Crippen LogP contribution in [0.3, 0.4) is 0 Å². The van der Waals surface area contributed by atoms with E-state index in [-0.39, 0.29) is 18.9 Å². The van der Waals surface area contributed by atoms with Crippen LogP contribution >= 0.6 is 0 Å². The molecule has 83 heavy (non-hydrogen) atoms. The van der Waals surface area contributed by atoms with Gasteiger partial charge in [-0.2, -0.15) is 0 Å².